The molecule has 3 heteroatoms. The lowest BCUT2D eigenvalue weighted by atomic mass is 9.83. The van der Waals surface area contributed by atoms with Crippen molar-refractivity contribution < 1.29 is 5.11 Å². The van der Waals surface area contributed by atoms with Crippen molar-refractivity contribution in [3.8, 4) is 0 Å². The second kappa shape index (κ2) is 3.68. The van der Waals surface area contributed by atoms with E-state index < -0.39 is 0 Å². The number of aromatic amines is 1. The molecule has 1 atom stereocenters. The summed E-state index contributed by atoms with van der Waals surface area (Å²) in [7, 11) is 0. The van der Waals surface area contributed by atoms with Gasteiger partial charge in [-0.25, -0.2) is 0 Å². The molecule has 2 rings (SSSR count). The molecular weight excluding hydrogens is 188 g/mol. The van der Waals surface area contributed by atoms with Gasteiger partial charge in [-0.2, -0.15) is 0 Å². The molecule has 0 aliphatic heterocycles. The summed E-state index contributed by atoms with van der Waals surface area (Å²) in [5.41, 5.74) is 7.55. The fourth-order valence-electron chi connectivity index (χ4n) is 1.70. The van der Waals surface area contributed by atoms with Gasteiger partial charge in [0.15, 0.2) is 0 Å². The fourth-order valence-corrected chi connectivity index (χ4v) is 1.70. The number of aliphatic hydroxyl groups is 1. The highest BCUT2D eigenvalue weighted by Gasteiger charge is 2.24. The van der Waals surface area contributed by atoms with E-state index in [4.69, 9.17) is 5.73 Å². The topological polar surface area (TPSA) is 62.0 Å². The Hall–Kier alpha value is -1.32. The van der Waals surface area contributed by atoms with Crippen LogP contribution in [0.25, 0.3) is 10.9 Å². The molecule has 1 unspecified atom stereocenters. The van der Waals surface area contributed by atoms with Crippen LogP contribution < -0.4 is 5.73 Å². The number of hydrogen-bond donors (Lipinski definition) is 3. The number of aromatic nitrogens is 1. The second-order valence-electron chi connectivity index (χ2n) is 4.20. The zero-order valence-corrected chi connectivity index (χ0v) is 8.83. The highest BCUT2D eigenvalue weighted by Crippen LogP contribution is 2.25. The van der Waals surface area contributed by atoms with Crippen LogP contribution in [0, 0.1) is 0 Å². The number of aliphatic hydroxyl groups excluding tert-OH is 1. The Balaban J connectivity index is 2.51. The first-order valence-electron chi connectivity index (χ1n) is 5.08. The summed E-state index contributed by atoms with van der Waals surface area (Å²) in [6.45, 7) is 2.49. The lowest BCUT2D eigenvalue weighted by Gasteiger charge is -2.25. The van der Waals surface area contributed by atoms with E-state index in [1.165, 1.54) is 0 Å². The third-order valence-electron chi connectivity index (χ3n) is 3.05. The van der Waals surface area contributed by atoms with Gasteiger partial charge in [0.2, 0.25) is 0 Å². The minimum Gasteiger partial charge on any atom is -0.395 e. The van der Waals surface area contributed by atoms with Gasteiger partial charge in [0.05, 0.1) is 6.61 Å². The quantitative estimate of drug-likeness (QED) is 0.707. The van der Waals surface area contributed by atoms with E-state index in [1.54, 1.807) is 0 Å². The average molecular weight is 204 g/mol. The summed E-state index contributed by atoms with van der Waals surface area (Å²) < 4.78 is 0. The summed E-state index contributed by atoms with van der Waals surface area (Å²) in [4.78, 5) is 3.14. The molecule has 0 fully saturated rings. The molecule has 0 bridgehead atoms. The van der Waals surface area contributed by atoms with Gasteiger partial charge in [-0.15, -0.1) is 0 Å². The summed E-state index contributed by atoms with van der Waals surface area (Å²) >= 11 is 0. The number of rotatable bonds is 3. The van der Waals surface area contributed by atoms with Crippen LogP contribution in [0.4, 0.5) is 0 Å². The lowest BCUT2D eigenvalue weighted by molar-refractivity contribution is 0.210. The van der Waals surface area contributed by atoms with Crippen molar-refractivity contribution >= 4 is 10.9 Å². The molecule has 0 aliphatic rings. The van der Waals surface area contributed by atoms with Crippen LogP contribution in [-0.2, 0) is 5.41 Å². The minimum absolute atomic E-state index is 0.0689. The molecule has 0 spiro atoms. The molecule has 3 nitrogen and oxygen atoms in total. The predicted octanol–water partition coefficient (Wildman–Crippen LogP) is 1.38. The van der Waals surface area contributed by atoms with Crippen molar-refractivity contribution in [3.63, 3.8) is 0 Å². The van der Waals surface area contributed by atoms with Gasteiger partial charge in [-0.1, -0.05) is 13.0 Å². The predicted molar refractivity (Wildman–Crippen MR) is 61.8 cm³/mol. The van der Waals surface area contributed by atoms with Gasteiger partial charge >= 0.3 is 0 Å². The van der Waals surface area contributed by atoms with E-state index in [0.717, 1.165) is 16.5 Å². The Morgan fingerprint density at radius 2 is 2.20 bits per heavy atom. The van der Waals surface area contributed by atoms with Gasteiger partial charge < -0.3 is 15.8 Å². The Morgan fingerprint density at radius 3 is 2.87 bits per heavy atom. The molecule has 4 N–H and O–H groups in total. The number of H-pyrrole nitrogens is 1. The van der Waals surface area contributed by atoms with Crippen molar-refractivity contribution in [2.24, 2.45) is 5.73 Å². The summed E-state index contributed by atoms with van der Waals surface area (Å²) in [6, 6.07) is 8.14. The minimum atomic E-state index is -0.342. The van der Waals surface area contributed by atoms with Crippen LogP contribution in [0.15, 0.2) is 30.5 Å². The maximum Gasteiger partial charge on any atom is 0.0537 e. The van der Waals surface area contributed by atoms with E-state index in [9.17, 15) is 5.11 Å². The van der Waals surface area contributed by atoms with Gasteiger partial charge in [-0.3, -0.25) is 0 Å². The SMILES string of the molecule is CC(CN)(CO)c1ccc2[nH]ccc2c1. The van der Waals surface area contributed by atoms with E-state index in [2.05, 4.69) is 11.1 Å². The highest BCUT2D eigenvalue weighted by atomic mass is 16.3. The molecule has 1 heterocycles. The Kier molecular flexibility index (Phi) is 2.50. The number of nitrogens with one attached hydrogen (secondary N) is 1. The second-order valence-corrected chi connectivity index (χ2v) is 4.20. The van der Waals surface area contributed by atoms with Crippen LogP contribution in [0.5, 0.6) is 0 Å². The first-order valence-corrected chi connectivity index (χ1v) is 5.08. The normalized spacial score (nSPS) is 15.4. The van der Waals surface area contributed by atoms with Crippen LogP contribution >= 0.6 is 0 Å². The molecule has 0 aliphatic carbocycles. The number of hydrogen-bond acceptors (Lipinski definition) is 2. The zero-order chi connectivity index (χ0) is 10.9. The first-order chi connectivity index (χ1) is 7.19. The zero-order valence-electron chi connectivity index (χ0n) is 8.83. The van der Waals surface area contributed by atoms with Gasteiger partial charge in [0.1, 0.15) is 0 Å². The van der Waals surface area contributed by atoms with Gasteiger partial charge in [-0.05, 0) is 29.1 Å². The van der Waals surface area contributed by atoms with Crippen LogP contribution in [0.3, 0.4) is 0 Å². The highest BCUT2D eigenvalue weighted by molar-refractivity contribution is 5.80. The largest absolute Gasteiger partial charge is 0.395 e. The summed E-state index contributed by atoms with van der Waals surface area (Å²) in [5, 5.41) is 10.5. The molecule has 0 saturated carbocycles. The van der Waals surface area contributed by atoms with Crippen LogP contribution in [0.1, 0.15) is 12.5 Å². The summed E-state index contributed by atoms with van der Waals surface area (Å²) in [5.74, 6) is 0. The van der Waals surface area contributed by atoms with Crippen LogP contribution in [-0.4, -0.2) is 23.2 Å². The lowest BCUT2D eigenvalue weighted by Crippen LogP contribution is -2.35. The molecule has 80 valence electrons. The third-order valence-corrected chi connectivity index (χ3v) is 3.05. The van der Waals surface area contributed by atoms with E-state index >= 15 is 0 Å². The molecule has 0 amide bonds. The Bertz CT molecular complexity index is 457. The van der Waals surface area contributed by atoms with Crippen molar-refractivity contribution in [2.45, 2.75) is 12.3 Å². The van der Waals surface area contributed by atoms with Gasteiger partial charge in [0, 0.05) is 23.7 Å². The number of benzene rings is 1. The smallest absolute Gasteiger partial charge is 0.0537 e. The molecule has 0 radical (unpaired) electrons. The molecule has 15 heavy (non-hydrogen) atoms. The van der Waals surface area contributed by atoms with Crippen molar-refractivity contribution in [2.75, 3.05) is 13.2 Å². The fraction of sp³-hybridized carbons (Fsp3) is 0.333. The van der Waals surface area contributed by atoms with Crippen molar-refractivity contribution in [1.29, 1.82) is 0 Å². The number of nitrogens with two attached hydrogens (primary N) is 1. The van der Waals surface area contributed by atoms with Gasteiger partial charge in [0.25, 0.3) is 0 Å². The summed E-state index contributed by atoms with van der Waals surface area (Å²) in [6.07, 6.45) is 1.91. The van der Waals surface area contributed by atoms with Crippen molar-refractivity contribution in [1.82, 2.24) is 4.98 Å². The Morgan fingerprint density at radius 1 is 1.40 bits per heavy atom. The van der Waals surface area contributed by atoms with E-state index in [0.29, 0.717) is 6.54 Å². The molecule has 2 aromatic rings. The maximum absolute atomic E-state index is 9.37. The maximum atomic E-state index is 9.37. The third kappa shape index (κ3) is 1.64. The molecule has 1 aromatic heterocycles. The van der Waals surface area contributed by atoms with E-state index in [-0.39, 0.29) is 12.0 Å². The van der Waals surface area contributed by atoms with E-state index in [1.807, 2.05) is 31.3 Å². The first kappa shape index (κ1) is 10.2. The molecule has 0 saturated heterocycles. The molecule has 1 aromatic carbocycles. The monoisotopic (exact) mass is 204 g/mol. The van der Waals surface area contributed by atoms with Crippen LogP contribution in [0.2, 0.25) is 0 Å². The Labute approximate surface area is 88.9 Å². The average Bonchev–Trinajstić information content (AvgIpc) is 2.74. The standard InChI is InChI=1S/C12H16N2O/c1-12(7-13,8-15)10-2-3-11-9(6-10)4-5-14-11/h2-6,14-15H,7-8,13H2,1H3. The van der Waals surface area contributed by atoms with Crippen molar-refractivity contribution in [3.05, 3.63) is 36.0 Å². The molecular formula is C12H16N2O. The number of fused-ring (bicyclic) bond motifs is 1.